The average molecular weight is 428 g/mol. The van der Waals surface area contributed by atoms with E-state index < -0.39 is 0 Å². The SMILES string of the molecule is CCOc1ccc2[nH]c3cc4c(=O)c5cc(OCC)ccc5n(CC)c4cc3c(=O)c2c1. The van der Waals surface area contributed by atoms with Crippen LogP contribution in [-0.2, 0) is 6.54 Å². The van der Waals surface area contributed by atoms with Gasteiger partial charge in [-0.2, -0.15) is 0 Å². The molecule has 0 fully saturated rings. The fourth-order valence-electron chi connectivity index (χ4n) is 4.46. The molecule has 0 saturated heterocycles. The molecule has 0 amide bonds. The number of aryl methyl sites for hydroxylation is 1. The maximum Gasteiger partial charge on any atom is 0.197 e. The van der Waals surface area contributed by atoms with E-state index >= 15 is 0 Å². The molecular formula is C26H24N2O4. The number of pyridine rings is 2. The van der Waals surface area contributed by atoms with Crippen molar-refractivity contribution in [2.45, 2.75) is 27.3 Å². The Morgan fingerprint density at radius 3 is 1.97 bits per heavy atom. The van der Waals surface area contributed by atoms with Crippen LogP contribution >= 0.6 is 0 Å². The lowest BCUT2D eigenvalue weighted by Gasteiger charge is -2.15. The highest BCUT2D eigenvalue weighted by Gasteiger charge is 2.15. The van der Waals surface area contributed by atoms with Gasteiger partial charge >= 0.3 is 0 Å². The van der Waals surface area contributed by atoms with Gasteiger partial charge in [-0.15, -0.1) is 0 Å². The average Bonchev–Trinajstić information content (AvgIpc) is 2.80. The Balaban J connectivity index is 1.89. The predicted molar refractivity (Wildman–Crippen MR) is 129 cm³/mol. The van der Waals surface area contributed by atoms with E-state index in [2.05, 4.69) is 9.55 Å². The zero-order valence-corrected chi connectivity index (χ0v) is 18.3. The Bertz CT molecular complexity index is 1630. The molecule has 1 N–H and O–H groups in total. The Morgan fingerprint density at radius 1 is 0.688 bits per heavy atom. The Kier molecular flexibility index (Phi) is 4.85. The third kappa shape index (κ3) is 3.02. The minimum Gasteiger partial charge on any atom is -0.494 e. The maximum atomic E-state index is 13.4. The Labute approximate surface area is 184 Å². The molecule has 0 saturated carbocycles. The first kappa shape index (κ1) is 20.1. The standard InChI is InChI=1S/C26H24N2O4/c1-4-28-23-10-8-16(32-6-3)12-19(23)26(30)20-13-22-18(14-24(20)28)25(29)17-11-15(31-5-2)7-9-21(17)27-22/h7-14H,4-6H2,1-3H3,(H,27,29). The second kappa shape index (κ2) is 7.71. The number of rotatable bonds is 5. The summed E-state index contributed by atoms with van der Waals surface area (Å²) in [7, 11) is 0. The lowest BCUT2D eigenvalue weighted by molar-refractivity contribution is 0.340. The van der Waals surface area contributed by atoms with Crippen molar-refractivity contribution in [3.05, 3.63) is 69.0 Å². The molecule has 162 valence electrons. The zero-order chi connectivity index (χ0) is 22.4. The van der Waals surface area contributed by atoms with Crippen molar-refractivity contribution in [3.8, 4) is 11.5 Å². The van der Waals surface area contributed by atoms with Crippen LogP contribution in [0.15, 0.2) is 58.1 Å². The highest BCUT2D eigenvalue weighted by Crippen LogP contribution is 2.27. The van der Waals surface area contributed by atoms with Crippen LogP contribution in [0.4, 0.5) is 0 Å². The normalized spacial score (nSPS) is 11.6. The van der Waals surface area contributed by atoms with Crippen LogP contribution in [0, 0.1) is 0 Å². The van der Waals surface area contributed by atoms with Crippen molar-refractivity contribution < 1.29 is 9.47 Å². The minimum atomic E-state index is -0.0842. The third-order valence-electron chi connectivity index (χ3n) is 5.86. The molecule has 0 unspecified atom stereocenters. The topological polar surface area (TPSA) is 73.3 Å². The van der Waals surface area contributed by atoms with Gasteiger partial charge in [0.2, 0.25) is 0 Å². The smallest absolute Gasteiger partial charge is 0.197 e. The van der Waals surface area contributed by atoms with E-state index in [4.69, 9.17) is 9.47 Å². The van der Waals surface area contributed by atoms with Crippen LogP contribution in [0.25, 0.3) is 43.6 Å². The van der Waals surface area contributed by atoms with Gasteiger partial charge in [-0.1, -0.05) is 0 Å². The number of ether oxygens (including phenoxy) is 2. The van der Waals surface area contributed by atoms with Crippen molar-refractivity contribution >= 4 is 43.6 Å². The van der Waals surface area contributed by atoms with Crippen LogP contribution in [-0.4, -0.2) is 22.8 Å². The van der Waals surface area contributed by atoms with Gasteiger partial charge in [0, 0.05) is 28.1 Å². The maximum absolute atomic E-state index is 13.4. The molecule has 0 atom stereocenters. The number of nitrogens with zero attached hydrogens (tertiary/aromatic N) is 1. The number of H-pyrrole nitrogens is 1. The lowest BCUT2D eigenvalue weighted by Crippen LogP contribution is -2.13. The molecule has 6 nitrogen and oxygen atoms in total. The predicted octanol–water partition coefficient (Wildman–Crippen LogP) is 4.97. The van der Waals surface area contributed by atoms with E-state index in [0.29, 0.717) is 63.8 Å². The van der Waals surface area contributed by atoms with Crippen molar-refractivity contribution in [1.82, 2.24) is 9.55 Å². The first-order valence-corrected chi connectivity index (χ1v) is 10.9. The molecule has 2 aromatic heterocycles. The third-order valence-corrected chi connectivity index (χ3v) is 5.86. The van der Waals surface area contributed by atoms with E-state index in [-0.39, 0.29) is 10.9 Å². The van der Waals surface area contributed by atoms with Crippen molar-refractivity contribution in [2.24, 2.45) is 0 Å². The molecule has 0 aliphatic rings. The molecular weight excluding hydrogens is 404 g/mol. The summed E-state index contributed by atoms with van der Waals surface area (Å²) in [5.74, 6) is 1.33. The summed E-state index contributed by atoms with van der Waals surface area (Å²) in [6.45, 7) is 7.58. The van der Waals surface area contributed by atoms with E-state index in [1.807, 2.05) is 51.1 Å². The van der Waals surface area contributed by atoms with Crippen LogP contribution in [0.2, 0.25) is 0 Å². The molecule has 3 aromatic carbocycles. The van der Waals surface area contributed by atoms with Crippen molar-refractivity contribution in [1.29, 1.82) is 0 Å². The number of benzene rings is 3. The van der Waals surface area contributed by atoms with Crippen molar-refractivity contribution in [3.63, 3.8) is 0 Å². The second-order valence-electron chi connectivity index (χ2n) is 7.69. The summed E-state index contributed by atoms with van der Waals surface area (Å²) in [5.41, 5.74) is 2.76. The second-order valence-corrected chi connectivity index (χ2v) is 7.69. The van der Waals surface area contributed by atoms with Crippen LogP contribution < -0.4 is 20.3 Å². The van der Waals surface area contributed by atoms with Crippen LogP contribution in [0.3, 0.4) is 0 Å². The van der Waals surface area contributed by atoms with Gasteiger partial charge in [-0.05, 0) is 69.3 Å². The summed E-state index contributed by atoms with van der Waals surface area (Å²) in [6.07, 6.45) is 0. The number of fused-ring (bicyclic) bond motifs is 4. The van der Waals surface area contributed by atoms with Crippen molar-refractivity contribution in [2.75, 3.05) is 13.2 Å². The van der Waals surface area contributed by atoms with E-state index in [0.717, 1.165) is 11.0 Å². The Morgan fingerprint density at radius 2 is 1.28 bits per heavy atom. The fourth-order valence-corrected chi connectivity index (χ4v) is 4.46. The fraction of sp³-hybridized carbons (Fsp3) is 0.231. The number of nitrogens with one attached hydrogen (secondary N) is 1. The van der Waals surface area contributed by atoms with Gasteiger partial charge in [0.05, 0.1) is 35.3 Å². The van der Waals surface area contributed by atoms with E-state index in [1.54, 1.807) is 18.2 Å². The van der Waals surface area contributed by atoms with Gasteiger partial charge < -0.3 is 19.0 Å². The number of aromatic amines is 1. The quantitative estimate of drug-likeness (QED) is 0.401. The number of aromatic nitrogens is 2. The van der Waals surface area contributed by atoms with Gasteiger partial charge in [-0.25, -0.2) is 0 Å². The summed E-state index contributed by atoms with van der Waals surface area (Å²) in [4.78, 5) is 30.1. The lowest BCUT2D eigenvalue weighted by atomic mass is 10.0. The molecule has 0 bridgehead atoms. The molecule has 32 heavy (non-hydrogen) atoms. The molecule has 0 spiro atoms. The molecule has 6 heteroatoms. The van der Waals surface area contributed by atoms with Gasteiger partial charge in [0.1, 0.15) is 11.5 Å². The summed E-state index contributed by atoms with van der Waals surface area (Å²) in [5, 5.41) is 2.29. The van der Waals surface area contributed by atoms with Gasteiger partial charge in [-0.3, -0.25) is 9.59 Å². The molecule has 0 aliphatic carbocycles. The van der Waals surface area contributed by atoms with Crippen LogP contribution in [0.1, 0.15) is 20.8 Å². The van der Waals surface area contributed by atoms with E-state index in [9.17, 15) is 9.59 Å². The van der Waals surface area contributed by atoms with Crippen LogP contribution in [0.5, 0.6) is 11.5 Å². The minimum absolute atomic E-state index is 0.0733. The molecule has 5 rings (SSSR count). The first-order chi connectivity index (χ1) is 15.5. The number of hydrogen-bond acceptors (Lipinski definition) is 4. The molecule has 0 aliphatic heterocycles. The summed E-state index contributed by atoms with van der Waals surface area (Å²) >= 11 is 0. The monoisotopic (exact) mass is 428 g/mol. The van der Waals surface area contributed by atoms with E-state index in [1.165, 1.54) is 0 Å². The molecule has 0 radical (unpaired) electrons. The largest absolute Gasteiger partial charge is 0.494 e. The van der Waals surface area contributed by atoms with Gasteiger partial charge in [0.15, 0.2) is 10.9 Å². The highest BCUT2D eigenvalue weighted by atomic mass is 16.5. The molecule has 5 aromatic rings. The Hall–Kier alpha value is -3.80. The zero-order valence-electron chi connectivity index (χ0n) is 18.3. The number of hydrogen-bond donors (Lipinski definition) is 1. The first-order valence-electron chi connectivity index (χ1n) is 10.9. The summed E-state index contributed by atoms with van der Waals surface area (Å²) < 4.78 is 13.3. The highest BCUT2D eigenvalue weighted by molar-refractivity contribution is 6.03. The molecule has 2 heterocycles. The summed E-state index contributed by atoms with van der Waals surface area (Å²) in [6, 6.07) is 14.7. The van der Waals surface area contributed by atoms with Gasteiger partial charge in [0.25, 0.3) is 0 Å².